The number of ether oxygens (including phenoxy) is 1. The minimum absolute atomic E-state index is 0.00860. The third-order valence-corrected chi connectivity index (χ3v) is 3.90. The summed E-state index contributed by atoms with van der Waals surface area (Å²) in [5.41, 5.74) is 0.753. The Morgan fingerprint density at radius 1 is 1.33 bits per heavy atom. The molecule has 1 rings (SSSR count). The van der Waals surface area contributed by atoms with Gasteiger partial charge in [0, 0.05) is 25.2 Å². The molecule has 0 aliphatic heterocycles. The number of hydrogen-bond acceptors (Lipinski definition) is 4. The fraction of sp³-hybridized carbons (Fsp3) is 0.467. The Kier molecular flexibility index (Phi) is 7.85. The number of methoxy groups -OCH3 is 1. The lowest BCUT2D eigenvalue weighted by Crippen LogP contribution is -2.32. The molecule has 21 heavy (non-hydrogen) atoms. The van der Waals surface area contributed by atoms with Gasteiger partial charge in [0.25, 0.3) is 0 Å². The van der Waals surface area contributed by atoms with E-state index in [1.165, 1.54) is 11.8 Å². The zero-order chi connectivity index (χ0) is 15.7. The molecule has 6 heteroatoms. The number of hydrogen-bond donors (Lipinski definition) is 2. The predicted octanol–water partition coefficient (Wildman–Crippen LogP) is 1.95. The van der Waals surface area contributed by atoms with Crippen LogP contribution in [0.25, 0.3) is 0 Å². The summed E-state index contributed by atoms with van der Waals surface area (Å²) in [6.07, 6.45) is 0.810. The second kappa shape index (κ2) is 9.41. The van der Waals surface area contributed by atoms with E-state index < -0.39 is 5.97 Å². The Morgan fingerprint density at radius 2 is 2.00 bits per heavy atom. The van der Waals surface area contributed by atoms with E-state index in [0.717, 1.165) is 16.9 Å². The molecule has 0 saturated heterocycles. The standard InChI is InChI=1S/C15H21NO4S/c1-11(15(19)16-8-3-9-20-2)21-13-6-4-12(5-7-13)10-14(17)18/h4-7,11H,3,8-10H2,1-2H3,(H,16,19)(H,17,18). The first-order valence-corrected chi connectivity index (χ1v) is 7.65. The quantitative estimate of drug-likeness (QED) is 0.538. The van der Waals surface area contributed by atoms with Crippen molar-refractivity contribution in [3.05, 3.63) is 29.8 Å². The van der Waals surface area contributed by atoms with E-state index in [1.54, 1.807) is 19.2 Å². The third-order valence-electron chi connectivity index (χ3n) is 2.79. The Morgan fingerprint density at radius 3 is 2.57 bits per heavy atom. The van der Waals surface area contributed by atoms with Crippen molar-refractivity contribution in [2.45, 2.75) is 29.9 Å². The SMILES string of the molecule is COCCCNC(=O)C(C)Sc1ccc(CC(=O)O)cc1. The summed E-state index contributed by atoms with van der Waals surface area (Å²) in [7, 11) is 1.63. The molecule has 0 bridgehead atoms. The predicted molar refractivity (Wildman–Crippen MR) is 82.6 cm³/mol. The summed E-state index contributed by atoms with van der Waals surface area (Å²) >= 11 is 1.45. The number of carbonyl (C=O) groups excluding carboxylic acids is 1. The first kappa shape index (κ1) is 17.5. The second-order valence-corrected chi connectivity index (χ2v) is 6.03. The normalized spacial score (nSPS) is 11.9. The van der Waals surface area contributed by atoms with Gasteiger partial charge in [-0.2, -0.15) is 0 Å². The molecule has 0 fully saturated rings. The molecule has 1 amide bonds. The topological polar surface area (TPSA) is 75.6 Å². The fourth-order valence-electron chi connectivity index (χ4n) is 1.69. The molecule has 0 aliphatic rings. The van der Waals surface area contributed by atoms with Crippen LogP contribution in [0, 0.1) is 0 Å². The fourth-order valence-corrected chi connectivity index (χ4v) is 2.58. The van der Waals surface area contributed by atoms with Crippen molar-refractivity contribution in [3.8, 4) is 0 Å². The highest BCUT2D eigenvalue weighted by molar-refractivity contribution is 8.00. The van der Waals surface area contributed by atoms with Gasteiger partial charge in [-0.15, -0.1) is 11.8 Å². The van der Waals surface area contributed by atoms with Gasteiger partial charge in [0.05, 0.1) is 11.7 Å². The van der Waals surface area contributed by atoms with E-state index in [2.05, 4.69) is 5.32 Å². The first-order valence-electron chi connectivity index (χ1n) is 6.77. The van der Waals surface area contributed by atoms with Crippen LogP contribution in [0.4, 0.5) is 0 Å². The van der Waals surface area contributed by atoms with Crippen LogP contribution in [-0.4, -0.2) is 42.5 Å². The molecule has 0 aromatic heterocycles. The van der Waals surface area contributed by atoms with Gasteiger partial charge in [-0.25, -0.2) is 0 Å². The molecular weight excluding hydrogens is 290 g/mol. The van der Waals surface area contributed by atoms with Crippen molar-refractivity contribution in [2.75, 3.05) is 20.3 Å². The van der Waals surface area contributed by atoms with Crippen LogP contribution >= 0.6 is 11.8 Å². The van der Waals surface area contributed by atoms with Crippen molar-refractivity contribution in [1.29, 1.82) is 0 Å². The maximum Gasteiger partial charge on any atom is 0.307 e. The van der Waals surface area contributed by atoms with Gasteiger partial charge >= 0.3 is 5.97 Å². The minimum atomic E-state index is -0.848. The zero-order valence-electron chi connectivity index (χ0n) is 12.3. The van der Waals surface area contributed by atoms with Crippen LogP contribution in [0.3, 0.4) is 0 Å². The number of carbonyl (C=O) groups is 2. The van der Waals surface area contributed by atoms with Gasteiger partial charge in [0.1, 0.15) is 0 Å². The molecule has 0 saturated carbocycles. The number of carboxylic acids is 1. The number of rotatable bonds is 9. The van der Waals surface area contributed by atoms with Crippen LogP contribution in [-0.2, 0) is 20.7 Å². The molecule has 116 valence electrons. The van der Waals surface area contributed by atoms with Crippen LogP contribution in [0.15, 0.2) is 29.2 Å². The lowest BCUT2D eigenvalue weighted by molar-refractivity contribution is -0.136. The van der Waals surface area contributed by atoms with Crippen LogP contribution < -0.4 is 5.32 Å². The van der Waals surface area contributed by atoms with Crippen molar-refractivity contribution < 1.29 is 19.4 Å². The summed E-state index contributed by atoms with van der Waals surface area (Å²) in [5, 5.41) is 11.4. The third kappa shape index (κ3) is 7.15. The highest BCUT2D eigenvalue weighted by Gasteiger charge is 2.13. The van der Waals surface area contributed by atoms with E-state index in [0.29, 0.717) is 13.2 Å². The lowest BCUT2D eigenvalue weighted by atomic mass is 10.2. The van der Waals surface area contributed by atoms with Crippen molar-refractivity contribution in [2.24, 2.45) is 0 Å². The number of amides is 1. The van der Waals surface area contributed by atoms with Crippen molar-refractivity contribution >= 4 is 23.6 Å². The Balaban J connectivity index is 2.41. The molecule has 0 heterocycles. The first-order chi connectivity index (χ1) is 10.0. The summed E-state index contributed by atoms with van der Waals surface area (Å²) < 4.78 is 4.92. The lowest BCUT2D eigenvalue weighted by Gasteiger charge is -2.12. The molecule has 1 aromatic rings. The molecule has 1 unspecified atom stereocenters. The van der Waals surface area contributed by atoms with Gasteiger partial charge in [0.15, 0.2) is 0 Å². The summed E-state index contributed by atoms with van der Waals surface area (Å²) in [4.78, 5) is 23.4. The summed E-state index contributed by atoms with van der Waals surface area (Å²) in [5.74, 6) is -0.857. The van der Waals surface area contributed by atoms with Crippen molar-refractivity contribution in [1.82, 2.24) is 5.32 Å². The Labute approximate surface area is 129 Å². The van der Waals surface area contributed by atoms with E-state index in [-0.39, 0.29) is 17.6 Å². The van der Waals surface area contributed by atoms with Gasteiger partial charge < -0.3 is 15.2 Å². The second-order valence-electron chi connectivity index (χ2n) is 4.61. The average Bonchev–Trinajstić information content (AvgIpc) is 2.45. The number of nitrogens with one attached hydrogen (secondary N) is 1. The summed E-state index contributed by atoms with van der Waals surface area (Å²) in [6, 6.07) is 7.24. The molecule has 5 nitrogen and oxygen atoms in total. The molecule has 1 atom stereocenters. The maximum atomic E-state index is 11.9. The van der Waals surface area contributed by atoms with Gasteiger partial charge in [-0.05, 0) is 31.0 Å². The molecule has 0 aliphatic carbocycles. The molecule has 2 N–H and O–H groups in total. The highest BCUT2D eigenvalue weighted by Crippen LogP contribution is 2.23. The monoisotopic (exact) mass is 311 g/mol. The highest BCUT2D eigenvalue weighted by atomic mass is 32.2. The van der Waals surface area contributed by atoms with Gasteiger partial charge in [-0.3, -0.25) is 9.59 Å². The van der Waals surface area contributed by atoms with Crippen molar-refractivity contribution in [3.63, 3.8) is 0 Å². The maximum absolute atomic E-state index is 11.9. The molecule has 0 radical (unpaired) electrons. The smallest absolute Gasteiger partial charge is 0.307 e. The summed E-state index contributed by atoms with van der Waals surface area (Å²) in [6.45, 7) is 3.09. The molecule has 1 aromatic carbocycles. The van der Waals surface area contributed by atoms with E-state index in [1.807, 2.05) is 19.1 Å². The molecule has 0 spiro atoms. The van der Waals surface area contributed by atoms with Crippen LogP contribution in [0.5, 0.6) is 0 Å². The Bertz CT molecular complexity index is 461. The average molecular weight is 311 g/mol. The number of thioether (sulfide) groups is 1. The van der Waals surface area contributed by atoms with E-state index in [9.17, 15) is 9.59 Å². The number of benzene rings is 1. The molecular formula is C15H21NO4S. The van der Waals surface area contributed by atoms with Gasteiger partial charge in [-0.1, -0.05) is 12.1 Å². The van der Waals surface area contributed by atoms with Gasteiger partial charge in [0.2, 0.25) is 5.91 Å². The number of aliphatic carboxylic acids is 1. The Hall–Kier alpha value is -1.53. The minimum Gasteiger partial charge on any atom is -0.481 e. The van der Waals surface area contributed by atoms with Crippen LogP contribution in [0.1, 0.15) is 18.9 Å². The largest absolute Gasteiger partial charge is 0.481 e. The van der Waals surface area contributed by atoms with E-state index >= 15 is 0 Å². The number of carboxylic acid groups (broad SMARTS) is 1. The van der Waals surface area contributed by atoms with Crippen LogP contribution in [0.2, 0.25) is 0 Å². The zero-order valence-corrected chi connectivity index (χ0v) is 13.1. The van der Waals surface area contributed by atoms with E-state index in [4.69, 9.17) is 9.84 Å².